The highest BCUT2D eigenvalue weighted by atomic mass is 35.5. The van der Waals surface area contributed by atoms with Gasteiger partial charge in [0.2, 0.25) is 5.95 Å². The summed E-state index contributed by atoms with van der Waals surface area (Å²) in [5.74, 6) is 0.825. The zero-order valence-corrected chi connectivity index (χ0v) is 27.8. The average Bonchev–Trinajstić information content (AvgIpc) is 3.54. The van der Waals surface area contributed by atoms with Gasteiger partial charge in [-0.15, -0.1) is 0 Å². The molecule has 2 aliphatic heterocycles. The molecule has 0 bridgehead atoms. The minimum Gasteiger partial charge on any atom is -0.496 e. The first-order valence-corrected chi connectivity index (χ1v) is 15.7. The Labute approximate surface area is 277 Å². The Morgan fingerprint density at radius 3 is 2.34 bits per heavy atom. The topological polar surface area (TPSA) is 123 Å². The summed E-state index contributed by atoms with van der Waals surface area (Å²) in [6, 6.07) is 13.6. The van der Waals surface area contributed by atoms with Crippen molar-refractivity contribution in [1.82, 2.24) is 19.8 Å². The van der Waals surface area contributed by atoms with E-state index < -0.39 is 17.7 Å². The Kier molecular flexibility index (Phi) is 8.44. The standard InChI is InChI=1S/C35H36ClN5O6/c1-19-27(45-5)15-28(46-6)30(36)29(19)20-11-12-26-21(13-20)16-37-33(39-26)38-22-14-23(40(17-22)34(44)47-35(2,3)4)18-41-31(42)24-9-7-8-10-25(24)32(41)43/h7-13,15-16,22-23H,14,17-18H2,1-6H3,(H,37,38,39). The molecule has 0 radical (unpaired) electrons. The van der Waals surface area contributed by atoms with E-state index in [-0.39, 0.29) is 30.9 Å². The van der Waals surface area contributed by atoms with E-state index in [1.165, 1.54) is 4.90 Å². The maximum Gasteiger partial charge on any atom is 0.410 e. The van der Waals surface area contributed by atoms with Gasteiger partial charge < -0.3 is 24.4 Å². The lowest BCUT2D eigenvalue weighted by molar-refractivity contribution is 0.0190. The normalized spacial score (nSPS) is 17.7. The summed E-state index contributed by atoms with van der Waals surface area (Å²) in [5, 5.41) is 4.64. The largest absolute Gasteiger partial charge is 0.496 e. The van der Waals surface area contributed by atoms with E-state index in [4.69, 9.17) is 30.8 Å². The minimum absolute atomic E-state index is 0.0438. The van der Waals surface area contributed by atoms with E-state index in [2.05, 4.69) is 10.3 Å². The van der Waals surface area contributed by atoms with Gasteiger partial charge >= 0.3 is 6.09 Å². The van der Waals surface area contributed by atoms with Crippen LogP contribution in [0.25, 0.3) is 22.0 Å². The Hall–Kier alpha value is -4.90. The first-order chi connectivity index (χ1) is 22.4. The summed E-state index contributed by atoms with van der Waals surface area (Å²) in [6.45, 7) is 7.65. The molecular weight excluding hydrogens is 622 g/mol. The fourth-order valence-electron chi connectivity index (χ4n) is 6.20. The molecule has 0 saturated carbocycles. The second-order valence-corrected chi connectivity index (χ2v) is 13.1. The van der Waals surface area contributed by atoms with E-state index in [9.17, 15) is 14.4 Å². The average molecular weight is 658 g/mol. The van der Waals surface area contributed by atoms with Crippen molar-refractivity contribution in [3.63, 3.8) is 0 Å². The van der Waals surface area contributed by atoms with E-state index in [0.29, 0.717) is 45.5 Å². The molecule has 1 aromatic heterocycles. The number of hydrogen-bond acceptors (Lipinski definition) is 9. The molecule has 11 nitrogen and oxygen atoms in total. The van der Waals surface area contributed by atoms with Crippen molar-refractivity contribution in [2.45, 2.75) is 51.8 Å². The molecule has 1 N–H and O–H groups in total. The first kappa shape index (κ1) is 32.1. The monoisotopic (exact) mass is 657 g/mol. The van der Waals surface area contributed by atoms with Crippen LogP contribution in [0.15, 0.2) is 54.7 Å². The summed E-state index contributed by atoms with van der Waals surface area (Å²) >= 11 is 6.72. The van der Waals surface area contributed by atoms with Gasteiger partial charge in [-0.3, -0.25) is 14.5 Å². The van der Waals surface area contributed by atoms with Gasteiger partial charge in [0.1, 0.15) is 17.1 Å². The van der Waals surface area contributed by atoms with Crippen LogP contribution >= 0.6 is 11.6 Å². The molecule has 2 atom stereocenters. The van der Waals surface area contributed by atoms with E-state index in [0.717, 1.165) is 22.1 Å². The molecule has 0 aliphatic carbocycles. The van der Waals surface area contributed by atoms with Crippen LogP contribution < -0.4 is 14.8 Å². The fraction of sp³-hybridized carbons (Fsp3) is 0.343. The molecule has 2 aliphatic rings. The summed E-state index contributed by atoms with van der Waals surface area (Å²) < 4.78 is 16.7. The van der Waals surface area contributed by atoms with Crippen LogP contribution in [0.2, 0.25) is 5.02 Å². The van der Waals surface area contributed by atoms with Crippen molar-refractivity contribution in [2.75, 3.05) is 32.6 Å². The number of nitrogens with zero attached hydrogens (tertiary/aromatic N) is 4. The molecule has 244 valence electrons. The lowest BCUT2D eigenvalue weighted by atomic mass is 9.98. The van der Waals surface area contributed by atoms with Crippen LogP contribution in [0, 0.1) is 6.92 Å². The van der Waals surface area contributed by atoms with Crippen LogP contribution in [0.5, 0.6) is 11.5 Å². The number of halogens is 1. The molecule has 0 spiro atoms. The second kappa shape index (κ2) is 12.4. The van der Waals surface area contributed by atoms with Crippen LogP contribution in [0.3, 0.4) is 0 Å². The predicted molar refractivity (Wildman–Crippen MR) is 178 cm³/mol. The van der Waals surface area contributed by atoms with Gasteiger partial charge in [0.05, 0.1) is 41.9 Å². The van der Waals surface area contributed by atoms with Crippen molar-refractivity contribution in [3.8, 4) is 22.6 Å². The summed E-state index contributed by atoms with van der Waals surface area (Å²) in [7, 11) is 3.17. The number of amides is 3. The quantitative estimate of drug-likeness (QED) is 0.226. The van der Waals surface area contributed by atoms with Gasteiger partial charge in [-0.05, 0) is 63.9 Å². The van der Waals surface area contributed by atoms with E-state index in [1.54, 1.807) is 76.4 Å². The molecule has 3 aromatic carbocycles. The third-order valence-electron chi connectivity index (χ3n) is 8.40. The minimum atomic E-state index is -0.720. The zero-order chi connectivity index (χ0) is 33.6. The molecule has 3 heterocycles. The molecule has 12 heteroatoms. The fourth-order valence-corrected chi connectivity index (χ4v) is 6.58. The molecule has 47 heavy (non-hydrogen) atoms. The van der Waals surface area contributed by atoms with Gasteiger partial charge in [-0.2, -0.15) is 0 Å². The van der Waals surface area contributed by atoms with Crippen molar-refractivity contribution in [3.05, 3.63) is 76.4 Å². The number of fused-ring (bicyclic) bond motifs is 2. The SMILES string of the molecule is COc1cc(OC)c(Cl)c(-c2ccc3nc(NC4CC(CN5C(=O)c6ccccc6C5=O)N(C(=O)OC(C)(C)C)C4)ncc3c2)c1C. The first-order valence-electron chi connectivity index (χ1n) is 15.3. The number of nitrogens with one attached hydrogen (secondary N) is 1. The third kappa shape index (κ3) is 6.15. The number of carbonyl (C=O) groups excluding carboxylic acids is 3. The van der Waals surface area contributed by atoms with Gasteiger partial charge in [-0.25, -0.2) is 14.8 Å². The summed E-state index contributed by atoms with van der Waals surface area (Å²) in [5.41, 5.74) is 3.25. The van der Waals surface area contributed by atoms with E-state index in [1.807, 2.05) is 25.1 Å². The molecule has 6 rings (SSSR count). The summed E-state index contributed by atoms with van der Waals surface area (Å²) in [6.07, 6.45) is 1.66. The number of methoxy groups -OCH3 is 2. The number of rotatable bonds is 7. The van der Waals surface area contributed by atoms with Crippen molar-refractivity contribution < 1.29 is 28.6 Å². The number of likely N-dealkylation sites (tertiary alicyclic amines) is 1. The third-order valence-corrected chi connectivity index (χ3v) is 8.77. The van der Waals surface area contributed by atoms with Gasteiger partial charge in [-0.1, -0.05) is 29.8 Å². The number of ether oxygens (including phenoxy) is 3. The Morgan fingerprint density at radius 1 is 1.02 bits per heavy atom. The summed E-state index contributed by atoms with van der Waals surface area (Å²) in [4.78, 5) is 51.7. The highest BCUT2D eigenvalue weighted by Crippen LogP contribution is 2.43. The maximum atomic E-state index is 13.3. The molecule has 3 amide bonds. The van der Waals surface area contributed by atoms with Gasteiger partial charge in [0.25, 0.3) is 11.8 Å². The smallest absolute Gasteiger partial charge is 0.410 e. The molecular formula is C35H36ClN5O6. The number of carbonyl (C=O) groups is 3. The number of hydrogen-bond donors (Lipinski definition) is 1. The Morgan fingerprint density at radius 2 is 1.70 bits per heavy atom. The van der Waals surface area contributed by atoms with Crippen molar-refractivity contribution in [2.24, 2.45) is 0 Å². The van der Waals surface area contributed by atoms with Crippen LogP contribution in [0.4, 0.5) is 10.7 Å². The van der Waals surface area contributed by atoms with Crippen LogP contribution in [0.1, 0.15) is 53.5 Å². The predicted octanol–water partition coefficient (Wildman–Crippen LogP) is 6.36. The number of imide groups is 1. The number of anilines is 1. The van der Waals surface area contributed by atoms with Gasteiger partial charge in [0.15, 0.2) is 0 Å². The lowest BCUT2D eigenvalue weighted by Gasteiger charge is -2.30. The lowest BCUT2D eigenvalue weighted by Crippen LogP contribution is -2.46. The van der Waals surface area contributed by atoms with Gasteiger partial charge in [0, 0.05) is 47.9 Å². The van der Waals surface area contributed by atoms with Crippen molar-refractivity contribution in [1.29, 1.82) is 0 Å². The number of benzene rings is 3. The second-order valence-electron chi connectivity index (χ2n) is 12.7. The molecule has 1 saturated heterocycles. The highest BCUT2D eigenvalue weighted by Gasteiger charge is 2.43. The highest BCUT2D eigenvalue weighted by molar-refractivity contribution is 6.35. The number of aromatic nitrogens is 2. The Balaban J connectivity index is 1.24. The van der Waals surface area contributed by atoms with E-state index >= 15 is 0 Å². The maximum absolute atomic E-state index is 13.3. The Bertz CT molecular complexity index is 1840. The molecule has 4 aromatic rings. The molecule has 1 fully saturated rings. The zero-order valence-electron chi connectivity index (χ0n) is 27.1. The molecule has 2 unspecified atom stereocenters. The van der Waals surface area contributed by atoms with Crippen LogP contribution in [-0.2, 0) is 4.74 Å². The van der Waals surface area contributed by atoms with Crippen LogP contribution in [-0.4, -0.2) is 82.7 Å². The van der Waals surface area contributed by atoms with Crippen molar-refractivity contribution >= 4 is 46.4 Å².